The molecule has 4 nitrogen and oxygen atoms in total. The summed E-state index contributed by atoms with van der Waals surface area (Å²) in [5.41, 5.74) is 2.25. The molecule has 94 valence electrons. The number of nitrogens with one attached hydrogen (secondary N) is 1. The van der Waals surface area contributed by atoms with E-state index in [1.807, 2.05) is 7.05 Å². The number of anilines is 2. The lowest BCUT2D eigenvalue weighted by atomic mass is 10.2. The van der Waals surface area contributed by atoms with Gasteiger partial charge in [-0.1, -0.05) is 11.3 Å². The molecule has 1 N–H and O–H groups in total. The molecule has 18 heavy (non-hydrogen) atoms. The standard InChI is InChI=1S/C13H16N4S/c1-14-11-6-4-10(5-7-11)12-15-16-13(18-12)17-8-2-3-9-17/h4-7,14H,2-3,8-9H2,1H3. The van der Waals surface area contributed by atoms with Gasteiger partial charge in [-0.15, -0.1) is 10.2 Å². The summed E-state index contributed by atoms with van der Waals surface area (Å²) in [4.78, 5) is 2.32. The highest BCUT2D eigenvalue weighted by molar-refractivity contribution is 7.18. The fourth-order valence-corrected chi connectivity index (χ4v) is 3.05. The third kappa shape index (κ3) is 2.18. The second-order valence-electron chi connectivity index (χ2n) is 4.41. The summed E-state index contributed by atoms with van der Waals surface area (Å²) in [5, 5.41) is 13.8. The van der Waals surface area contributed by atoms with Crippen molar-refractivity contribution >= 4 is 22.2 Å². The van der Waals surface area contributed by atoms with E-state index in [9.17, 15) is 0 Å². The fourth-order valence-electron chi connectivity index (χ4n) is 2.15. The van der Waals surface area contributed by atoms with Crippen LogP contribution in [-0.4, -0.2) is 30.3 Å². The first kappa shape index (κ1) is 11.5. The predicted octanol–water partition coefficient (Wildman–Crippen LogP) is 2.85. The molecule has 1 aromatic carbocycles. The zero-order chi connectivity index (χ0) is 12.4. The molecule has 1 fully saturated rings. The quantitative estimate of drug-likeness (QED) is 0.921. The second-order valence-corrected chi connectivity index (χ2v) is 5.37. The molecular formula is C13H16N4S. The van der Waals surface area contributed by atoms with E-state index in [2.05, 4.69) is 44.7 Å². The van der Waals surface area contributed by atoms with Gasteiger partial charge in [-0.05, 0) is 37.1 Å². The van der Waals surface area contributed by atoms with Crippen LogP contribution < -0.4 is 10.2 Å². The Labute approximate surface area is 111 Å². The monoisotopic (exact) mass is 260 g/mol. The second kappa shape index (κ2) is 4.94. The topological polar surface area (TPSA) is 41.1 Å². The number of nitrogens with zero attached hydrogens (tertiary/aromatic N) is 3. The van der Waals surface area contributed by atoms with Gasteiger partial charge in [-0.2, -0.15) is 0 Å². The lowest BCUT2D eigenvalue weighted by Crippen LogP contribution is -2.17. The number of hydrogen-bond donors (Lipinski definition) is 1. The van der Waals surface area contributed by atoms with Crippen LogP contribution in [0.4, 0.5) is 10.8 Å². The summed E-state index contributed by atoms with van der Waals surface area (Å²) in [6, 6.07) is 8.29. The average Bonchev–Trinajstić information content (AvgIpc) is 3.09. The van der Waals surface area contributed by atoms with Gasteiger partial charge in [-0.3, -0.25) is 0 Å². The van der Waals surface area contributed by atoms with Gasteiger partial charge in [0.05, 0.1) is 0 Å². The van der Waals surface area contributed by atoms with Gasteiger partial charge in [-0.25, -0.2) is 0 Å². The van der Waals surface area contributed by atoms with Crippen LogP contribution in [0.5, 0.6) is 0 Å². The molecule has 5 heteroatoms. The molecule has 0 amide bonds. The van der Waals surface area contributed by atoms with Crippen LogP contribution in [0.15, 0.2) is 24.3 Å². The highest BCUT2D eigenvalue weighted by Crippen LogP contribution is 2.30. The smallest absolute Gasteiger partial charge is 0.208 e. The Hall–Kier alpha value is -1.62. The maximum Gasteiger partial charge on any atom is 0.208 e. The zero-order valence-corrected chi connectivity index (χ0v) is 11.2. The summed E-state index contributed by atoms with van der Waals surface area (Å²) < 4.78 is 0. The van der Waals surface area contributed by atoms with Crippen molar-refractivity contribution in [2.45, 2.75) is 12.8 Å². The van der Waals surface area contributed by atoms with E-state index in [0.29, 0.717) is 0 Å². The molecule has 0 unspecified atom stereocenters. The molecular weight excluding hydrogens is 244 g/mol. The van der Waals surface area contributed by atoms with Gasteiger partial charge in [0.15, 0.2) is 0 Å². The Morgan fingerprint density at radius 2 is 1.83 bits per heavy atom. The third-order valence-electron chi connectivity index (χ3n) is 3.21. The molecule has 2 heterocycles. The molecule has 2 aromatic rings. The Morgan fingerprint density at radius 1 is 1.11 bits per heavy atom. The summed E-state index contributed by atoms with van der Waals surface area (Å²) in [6.45, 7) is 2.24. The van der Waals surface area contributed by atoms with Crippen molar-refractivity contribution in [3.05, 3.63) is 24.3 Å². The minimum Gasteiger partial charge on any atom is -0.388 e. The largest absolute Gasteiger partial charge is 0.388 e. The van der Waals surface area contributed by atoms with Crippen molar-refractivity contribution in [3.63, 3.8) is 0 Å². The molecule has 1 aromatic heterocycles. The van der Waals surface area contributed by atoms with Crippen LogP contribution >= 0.6 is 11.3 Å². The van der Waals surface area contributed by atoms with Crippen LogP contribution in [0.25, 0.3) is 10.6 Å². The van der Waals surface area contributed by atoms with Gasteiger partial charge < -0.3 is 10.2 Å². The van der Waals surface area contributed by atoms with E-state index in [0.717, 1.165) is 34.5 Å². The molecule has 1 aliphatic rings. The Balaban J connectivity index is 1.82. The Bertz CT molecular complexity index is 514. The summed E-state index contributed by atoms with van der Waals surface area (Å²) in [6.07, 6.45) is 2.54. The van der Waals surface area contributed by atoms with Crippen LogP contribution in [0, 0.1) is 0 Å². The van der Waals surface area contributed by atoms with E-state index in [1.165, 1.54) is 12.8 Å². The normalized spacial score (nSPS) is 15.1. The molecule has 1 saturated heterocycles. The Kier molecular flexibility index (Phi) is 3.15. The molecule has 0 radical (unpaired) electrons. The number of aromatic nitrogens is 2. The first-order valence-electron chi connectivity index (χ1n) is 6.23. The van der Waals surface area contributed by atoms with E-state index in [-0.39, 0.29) is 0 Å². The maximum atomic E-state index is 4.30. The van der Waals surface area contributed by atoms with Crippen molar-refractivity contribution in [2.75, 3.05) is 30.4 Å². The predicted molar refractivity (Wildman–Crippen MR) is 76.3 cm³/mol. The fraction of sp³-hybridized carbons (Fsp3) is 0.385. The van der Waals surface area contributed by atoms with Crippen LogP contribution in [0.3, 0.4) is 0 Å². The molecule has 0 bridgehead atoms. The zero-order valence-electron chi connectivity index (χ0n) is 10.4. The summed E-state index contributed by atoms with van der Waals surface area (Å²) >= 11 is 1.68. The first-order chi connectivity index (χ1) is 8.86. The van der Waals surface area contributed by atoms with Gasteiger partial charge in [0.1, 0.15) is 5.01 Å². The minimum absolute atomic E-state index is 1.000. The van der Waals surface area contributed by atoms with Gasteiger partial charge in [0.2, 0.25) is 5.13 Å². The lowest BCUT2D eigenvalue weighted by Gasteiger charge is -2.10. The van der Waals surface area contributed by atoms with E-state index in [4.69, 9.17) is 0 Å². The van der Waals surface area contributed by atoms with Crippen LogP contribution in [-0.2, 0) is 0 Å². The SMILES string of the molecule is CNc1ccc(-c2nnc(N3CCCC3)s2)cc1. The molecule has 3 rings (SSSR count). The van der Waals surface area contributed by atoms with Crippen LogP contribution in [0.1, 0.15) is 12.8 Å². The minimum atomic E-state index is 1.000. The highest BCUT2D eigenvalue weighted by Gasteiger charge is 2.17. The Morgan fingerprint density at radius 3 is 2.50 bits per heavy atom. The van der Waals surface area contributed by atoms with Crippen LogP contribution in [0.2, 0.25) is 0 Å². The van der Waals surface area contributed by atoms with Crippen molar-refractivity contribution in [1.29, 1.82) is 0 Å². The highest BCUT2D eigenvalue weighted by atomic mass is 32.1. The van der Waals surface area contributed by atoms with E-state index in [1.54, 1.807) is 11.3 Å². The molecule has 1 aliphatic heterocycles. The molecule has 0 aliphatic carbocycles. The number of benzene rings is 1. The molecule has 0 saturated carbocycles. The van der Waals surface area contributed by atoms with Gasteiger partial charge in [0, 0.05) is 31.4 Å². The molecule has 0 spiro atoms. The third-order valence-corrected chi connectivity index (χ3v) is 4.24. The lowest BCUT2D eigenvalue weighted by molar-refractivity contribution is 0.929. The van der Waals surface area contributed by atoms with Gasteiger partial charge in [0.25, 0.3) is 0 Å². The van der Waals surface area contributed by atoms with Gasteiger partial charge >= 0.3 is 0 Å². The number of hydrogen-bond acceptors (Lipinski definition) is 5. The maximum absolute atomic E-state index is 4.30. The summed E-state index contributed by atoms with van der Waals surface area (Å²) in [7, 11) is 1.92. The average molecular weight is 260 g/mol. The molecule has 0 atom stereocenters. The first-order valence-corrected chi connectivity index (χ1v) is 7.05. The van der Waals surface area contributed by atoms with Crippen molar-refractivity contribution in [1.82, 2.24) is 10.2 Å². The van der Waals surface area contributed by atoms with E-state index < -0.39 is 0 Å². The van der Waals surface area contributed by atoms with E-state index >= 15 is 0 Å². The van der Waals surface area contributed by atoms with Crippen molar-refractivity contribution in [3.8, 4) is 10.6 Å². The van der Waals surface area contributed by atoms with Crippen molar-refractivity contribution < 1.29 is 0 Å². The summed E-state index contributed by atoms with van der Waals surface area (Å²) in [5.74, 6) is 0. The number of rotatable bonds is 3. The van der Waals surface area contributed by atoms with Crippen molar-refractivity contribution in [2.24, 2.45) is 0 Å².